The van der Waals surface area contributed by atoms with E-state index in [4.69, 9.17) is 4.74 Å². The highest BCUT2D eigenvalue weighted by Crippen LogP contribution is 2.62. The number of rotatable bonds is 0. The zero-order chi connectivity index (χ0) is 22.9. The van der Waals surface area contributed by atoms with Crippen LogP contribution in [-0.4, -0.2) is 47.4 Å². The van der Waals surface area contributed by atoms with Gasteiger partial charge in [0.15, 0.2) is 0 Å². The van der Waals surface area contributed by atoms with E-state index in [1.54, 1.807) is 11.1 Å². The fraction of sp³-hybridized carbons (Fsp3) is 0.828. The van der Waals surface area contributed by atoms with E-state index in [1.807, 2.05) is 0 Å². The molecule has 0 bridgehead atoms. The number of ether oxygens (including phenoxy) is 1. The number of hydrogen-bond acceptors (Lipinski definition) is 3. The van der Waals surface area contributed by atoms with Crippen molar-refractivity contribution in [3.63, 3.8) is 0 Å². The molecule has 33 heavy (non-hydrogen) atoms. The summed E-state index contributed by atoms with van der Waals surface area (Å²) in [5.41, 5.74) is 6.72. The van der Waals surface area contributed by atoms with E-state index in [2.05, 4.69) is 56.0 Å². The molecular weight excluding hydrogens is 406 g/mol. The minimum absolute atomic E-state index is 0.393. The molecule has 0 radical (unpaired) electrons. The number of aromatic amines is 1. The van der Waals surface area contributed by atoms with Crippen LogP contribution in [-0.2, 0) is 17.6 Å². The summed E-state index contributed by atoms with van der Waals surface area (Å²) in [4.78, 5) is 2.62. The van der Waals surface area contributed by atoms with Crippen LogP contribution in [0.15, 0.2) is 17.3 Å². The van der Waals surface area contributed by atoms with Gasteiger partial charge in [0.1, 0.15) is 0 Å². The maximum Gasteiger partial charge on any atom is 0.0740 e. The smallest absolute Gasteiger partial charge is 0.0740 e. The van der Waals surface area contributed by atoms with Gasteiger partial charge in [-0.3, -0.25) is 5.10 Å². The Morgan fingerprint density at radius 1 is 1.15 bits per heavy atom. The van der Waals surface area contributed by atoms with Gasteiger partial charge in [-0.1, -0.05) is 26.3 Å². The molecule has 0 amide bonds. The van der Waals surface area contributed by atoms with Crippen molar-refractivity contribution in [3.8, 4) is 0 Å². The normalized spacial score (nSPS) is 46.1. The first-order chi connectivity index (χ1) is 15.8. The summed E-state index contributed by atoms with van der Waals surface area (Å²) in [5.74, 6) is 4.75. The Kier molecular flexibility index (Phi) is 5.57. The van der Waals surface area contributed by atoms with Crippen LogP contribution in [0.25, 0.3) is 0 Å². The Morgan fingerprint density at radius 3 is 2.85 bits per heavy atom. The minimum Gasteiger partial charge on any atom is -0.372 e. The molecule has 9 unspecified atom stereocenters. The lowest BCUT2D eigenvalue weighted by atomic mass is 9.52. The minimum atomic E-state index is 0.393. The third-order valence-corrected chi connectivity index (χ3v) is 11.1. The Labute approximate surface area is 200 Å². The van der Waals surface area contributed by atoms with Crippen molar-refractivity contribution in [1.82, 2.24) is 15.1 Å². The zero-order valence-corrected chi connectivity index (χ0v) is 21.6. The molecule has 0 spiro atoms. The number of H-pyrrole nitrogens is 1. The Bertz CT molecular complexity index is 920. The lowest BCUT2D eigenvalue weighted by Gasteiger charge is -2.52. The van der Waals surface area contributed by atoms with Crippen LogP contribution < -0.4 is 0 Å². The maximum atomic E-state index is 6.76. The monoisotopic (exact) mass is 451 g/mol. The van der Waals surface area contributed by atoms with E-state index in [0.717, 1.165) is 36.2 Å². The van der Waals surface area contributed by atoms with E-state index >= 15 is 0 Å². The average molecular weight is 452 g/mol. The molecule has 2 saturated carbocycles. The second kappa shape index (κ2) is 8.22. The predicted octanol–water partition coefficient (Wildman–Crippen LogP) is 5.65. The second-order valence-electron chi connectivity index (χ2n) is 13.1. The lowest BCUT2D eigenvalue weighted by molar-refractivity contribution is -0.0635. The quantitative estimate of drug-likeness (QED) is 0.518. The van der Waals surface area contributed by atoms with Crippen molar-refractivity contribution >= 4 is 0 Å². The van der Waals surface area contributed by atoms with Gasteiger partial charge in [-0.2, -0.15) is 5.10 Å². The first-order valence-electron chi connectivity index (χ1n) is 13.9. The first kappa shape index (κ1) is 22.3. The van der Waals surface area contributed by atoms with Crippen molar-refractivity contribution in [3.05, 3.63) is 28.6 Å². The maximum absolute atomic E-state index is 6.76. The van der Waals surface area contributed by atoms with E-state index in [1.165, 1.54) is 69.2 Å². The molecule has 3 fully saturated rings. The lowest BCUT2D eigenvalue weighted by Crippen LogP contribution is -2.53. The van der Waals surface area contributed by atoms with Gasteiger partial charge in [0.05, 0.1) is 18.9 Å². The largest absolute Gasteiger partial charge is 0.372 e. The summed E-state index contributed by atoms with van der Waals surface area (Å²) in [7, 11) is 2.34. The summed E-state index contributed by atoms with van der Waals surface area (Å²) in [6, 6.07) is 0.582. The molecule has 1 aromatic heterocycles. The molecule has 1 aromatic rings. The van der Waals surface area contributed by atoms with Gasteiger partial charge in [-0.05, 0) is 117 Å². The van der Waals surface area contributed by atoms with Crippen LogP contribution in [0, 0.1) is 40.9 Å². The van der Waals surface area contributed by atoms with Crippen molar-refractivity contribution in [1.29, 1.82) is 0 Å². The van der Waals surface area contributed by atoms with Crippen LogP contribution in [0.5, 0.6) is 0 Å². The zero-order valence-electron chi connectivity index (χ0n) is 21.6. The van der Waals surface area contributed by atoms with Crippen molar-refractivity contribution in [2.45, 2.75) is 91.2 Å². The van der Waals surface area contributed by atoms with Crippen LogP contribution >= 0.6 is 0 Å². The van der Waals surface area contributed by atoms with E-state index in [-0.39, 0.29) is 0 Å². The summed E-state index contributed by atoms with van der Waals surface area (Å²) in [5, 5.41) is 7.72. The van der Waals surface area contributed by atoms with Gasteiger partial charge in [0.25, 0.3) is 0 Å². The molecule has 4 heteroatoms. The number of nitrogens with zero attached hydrogens (tertiary/aromatic N) is 2. The number of allylic oxidation sites excluding steroid dienone is 1. The first-order valence-corrected chi connectivity index (χ1v) is 13.9. The molecule has 182 valence electrons. The SMILES string of the molecule is CC1=C2CC3C(CCC4Cc5[nH]ncc5CC43C)C2CCC(C)C2C(CC(C)CN2C)OC1. The van der Waals surface area contributed by atoms with Gasteiger partial charge < -0.3 is 9.64 Å². The summed E-state index contributed by atoms with van der Waals surface area (Å²) in [6.45, 7) is 12.0. The number of likely N-dealkylation sites (N-methyl/N-ethyl adjacent to an activating group) is 1. The summed E-state index contributed by atoms with van der Waals surface area (Å²) >= 11 is 0. The van der Waals surface area contributed by atoms with Crippen molar-refractivity contribution < 1.29 is 4.74 Å². The molecule has 1 saturated heterocycles. The number of piperidine rings is 1. The summed E-state index contributed by atoms with van der Waals surface area (Å²) in [6.07, 6.45) is 13.1. The van der Waals surface area contributed by atoms with Crippen LogP contribution in [0.4, 0.5) is 0 Å². The van der Waals surface area contributed by atoms with Gasteiger partial charge in [0.2, 0.25) is 0 Å². The molecular formula is C29H45N3O. The third kappa shape index (κ3) is 3.57. The Morgan fingerprint density at radius 2 is 2.00 bits per heavy atom. The van der Waals surface area contributed by atoms with E-state index < -0.39 is 0 Å². The third-order valence-electron chi connectivity index (χ3n) is 11.1. The van der Waals surface area contributed by atoms with Crippen LogP contribution in [0.3, 0.4) is 0 Å². The van der Waals surface area contributed by atoms with E-state index in [9.17, 15) is 0 Å². The summed E-state index contributed by atoms with van der Waals surface area (Å²) < 4.78 is 6.76. The predicted molar refractivity (Wildman–Crippen MR) is 133 cm³/mol. The number of fused-ring (bicyclic) bond motifs is 7. The van der Waals surface area contributed by atoms with Crippen molar-refractivity contribution in [2.24, 2.45) is 40.9 Å². The molecule has 5 aliphatic rings. The fourth-order valence-corrected chi connectivity index (χ4v) is 9.46. The highest BCUT2D eigenvalue weighted by molar-refractivity contribution is 5.30. The molecule has 6 rings (SSSR count). The van der Waals surface area contributed by atoms with E-state index in [0.29, 0.717) is 23.5 Å². The standard InChI is InChI=1S/C29H45N3O/c1-17-10-27-28(32(5)15-17)18(2)6-8-22-23-9-7-21-11-26-20(14-30-31-26)13-29(21,4)25(23)12-24(22)19(3)16-33-27/h14,17-18,21-23,25,27-28H,6-13,15-16H2,1-5H3,(H,30,31). The number of likely N-dealkylation sites (tertiary alicyclic amines) is 1. The number of aromatic nitrogens is 2. The topological polar surface area (TPSA) is 41.2 Å². The average Bonchev–Trinajstić information content (AvgIpc) is 3.37. The molecule has 0 aromatic carbocycles. The van der Waals surface area contributed by atoms with Gasteiger partial charge in [0, 0.05) is 18.3 Å². The molecule has 9 atom stereocenters. The number of nitrogens with one attached hydrogen (secondary N) is 1. The highest BCUT2D eigenvalue weighted by atomic mass is 16.5. The van der Waals surface area contributed by atoms with Crippen LogP contribution in [0.1, 0.15) is 77.5 Å². The Balaban J connectivity index is 1.30. The fourth-order valence-electron chi connectivity index (χ4n) is 9.46. The molecule has 3 heterocycles. The van der Waals surface area contributed by atoms with Gasteiger partial charge >= 0.3 is 0 Å². The van der Waals surface area contributed by atoms with Crippen molar-refractivity contribution in [2.75, 3.05) is 20.2 Å². The molecule has 3 aliphatic carbocycles. The van der Waals surface area contributed by atoms with Gasteiger partial charge in [-0.25, -0.2) is 0 Å². The highest BCUT2D eigenvalue weighted by Gasteiger charge is 2.56. The molecule has 2 aliphatic heterocycles. The number of hydrogen-bond donors (Lipinski definition) is 1. The molecule has 4 nitrogen and oxygen atoms in total. The molecule has 1 N–H and O–H groups in total. The van der Waals surface area contributed by atoms with Gasteiger partial charge in [-0.15, -0.1) is 0 Å². The second-order valence-corrected chi connectivity index (χ2v) is 13.1. The van der Waals surface area contributed by atoms with Crippen LogP contribution in [0.2, 0.25) is 0 Å². The Hall–Kier alpha value is -1.13.